The second-order valence-corrected chi connectivity index (χ2v) is 7.05. The summed E-state index contributed by atoms with van der Waals surface area (Å²) in [5.74, 6) is -0.291. The average Bonchev–Trinajstić information content (AvgIpc) is 2.18. The highest BCUT2D eigenvalue weighted by molar-refractivity contribution is 9.11. The van der Waals surface area contributed by atoms with Crippen LogP contribution in [0.3, 0.4) is 0 Å². The Morgan fingerprint density at radius 2 is 2.00 bits per heavy atom. The van der Waals surface area contributed by atoms with Crippen LogP contribution in [0.15, 0.2) is 27.1 Å². The SMILES string of the molecule is CC(C)(CC(N)=O)CC(N)c1cc(Br)ccc1Br. The van der Waals surface area contributed by atoms with Crippen LogP contribution in [-0.4, -0.2) is 5.91 Å². The van der Waals surface area contributed by atoms with Gasteiger partial charge in [-0.05, 0) is 35.6 Å². The molecule has 3 nitrogen and oxygen atoms in total. The van der Waals surface area contributed by atoms with Crippen molar-refractivity contribution in [3.05, 3.63) is 32.7 Å². The molecule has 0 heterocycles. The van der Waals surface area contributed by atoms with E-state index < -0.39 is 0 Å². The van der Waals surface area contributed by atoms with Crippen molar-refractivity contribution in [1.82, 2.24) is 0 Å². The van der Waals surface area contributed by atoms with Gasteiger partial charge in [-0.15, -0.1) is 0 Å². The van der Waals surface area contributed by atoms with Gasteiger partial charge in [0, 0.05) is 21.4 Å². The van der Waals surface area contributed by atoms with Crippen LogP contribution in [0.25, 0.3) is 0 Å². The molecule has 4 N–H and O–H groups in total. The average molecular weight is 378 g/mol. The van der Waals surface area contributed by atoms with Crippen LogP contribution in [0.5, 0.6) is 0 Å². The number of halogens is 2. The maximum Gasteiger partial charge on any atom is 0.217 e. The predicted octanol–water partition coefficient (Wildman–Crippen LogP) is 3.50. The van der Waals surface area contributed by atoms with E-state index in [1.807, 2.05) is 32.0 Å². The van der Waals surface area contributed by atoms with Crippen LogP contribution in [0.1, 0.15) is 38.3 Å². The Balaban J connectivity index is 2.84. The molecule has 1 amide bonds. The summed E-state index contributed by atoms with van der Waals surface area (Å²) < 4.78 is 1.97. The zero-order valence-corrected chi connectivity index (χ0v) is 13.7. The smallest absolute Gasteiger partial charge is 0.217 e. The molecular weight excluding hydrogens is 360 g/mol. The molecule has 0 spiro atoms. The van der Waals surface area contributed by atoms with Crippen LogP contribution >= 0.6 is 31.9 Å². The van der Waals surface area contributed by atoms with E-state index >= 15 is 0 Å². The lowest BCUT2D eigenvalue weighted by atomic mass is 9.81. The summed E-state index contributed by atoms with van der Waals surface area (Å²) in [7, 11) is 0. The third-order valence-corrected chi connectivity index (χ3v) is 4.00. The topological polar surface area (TPSA) is 69.1 Å². The van der Waals surface area contributed by atoms with Crippen molar-refractivity contribution >= 4 is 37.8 Å². The lowest BCUT2D eigenvalue weighted by Crippen LogP contribution is -2.27. The zero-order valence-electron chi connectivity index (χ0n) is 10.5. The van der Waals surface area contributed by atoms with Crippen LogP contribution in [-0.2, 0) is 4.79 Å². The van der Waals surface area contributed by atoms with Gasteiger partial charge in [0.1, 0.15) is 0 Å². The fourth-order valence-electron chi connectivity index (χ4n) is 2.05. The molecule has 0 radical (unpaired) electrons. The quantitative estimate of drug-likeness (QED) is 0.824. The second kappa shape index (κ2) is 6.17. The Kier molecular flexibility index (Phi) is 5.37. The molecule has 0 saturated carbocycles. The molecule has 100 valence electrons. The molecule has 1 unspecified atom stereocenters. The summed E-state index contributed by atoms with van der Waals surface area (Å²) in [6.45, 7) is 4.01. The van der Waals surface area contributed by atoms with E-state index in [-0.39, 0.29) is 17.4 Å². The fraction of sp³-hybridized carbons (Fsp3) is 0.462. The number of primary amides is 1. The van der Waals surface area contributed by atoms with Crippen LogP contribution in [0.4, 0.5) is 0 Å². The Morgan fingerprint density at radius 1 is 1.39 bits per heavy atom. The maximum atomic E-state index is 11.0. The summed E-state index contributed by atoms with van der Waals surface area (Å²) >= 11 is 6.93. The minimum atomic E-state index is -0.291. The molecule has 0 aliphatic carbocycles. The predicted molar refractivity (Wildman–Crippen MR) is 81.0 cm³/mol. The third kappa shape index (κ3) is 4.71. The van der Waals surface area contributed by atoms with Crippen molar-refractivity contribution in [1.29, 1.82) is 0 Å². The summed E-state index contributed by atoms with van der Waals surface area (Å²) in [5, 5.41) is 0. The van der Waals surface area contributed by atoms with E-state index in [0.29, 0.717) is 12.8 Å². The lowest BCUT2D eigenvalue weighted by molar-refractivity contribution is -0.120. The highest BCUT2D eigenvalue weighted by Crippen LogP contribution is 2.35. The molecule has 0 aliphatic heterocycles. The normalized spacial score (nSPS) is 13.4. The monoisotopic (exact) mass is 376 g/mol. The first-order chi connectivity index (χ1) is 8.21. The Bertz CT molecular complexity index is 447. The van der Waals surface area contributed by atoms with E-state index in [2.05, 4.69) is 31.9 Å². The van der Waals surface area contributed by atoms with Crippen molar-refractivity contribution in [3.8, 4) is 0 Å². The number of amides is 1. The van der Waals surface area contributed by atoms with Crippen LogP contribution in [0, 0.1) is 5.41 Å². The second-order valence-electron chi connectivity index (χ2n) is 5.28. The summed E-state index contributed by atoms with van der Waals surface area (Å²) in [6, 6.07) is 5.77. The number of carbonyl (C=O) groups is 1. The number of hydrogen-bond donors (Lipinski definition) is 2. The fourth-order valence-corrected chi connectivity index (χ4v) is 2.97. The summed E-state index contributed by atoms with van der Waals surface area (Å²) in [5.41, 5.74) is 12.3. The van der Waals surface area contributed by atoms with Crippen molar-refractivity contribution in [2.45, 2.75) is 32.7 Å². The first kappa shape index (κ1) is 15.7. The van der Waals surface area contributed by atoms with E-state index in [4.69, 9.17) is 11.5 Å². The number of hydrogen-bond acceptors (Lipinski definition) is 2. The van der Waals surface area contributed by atoms with Gasteiger partial charge in [0.15, 0.2) is 0 Å². The van der Waals surface area contributed by atoms with Gasteiger partial charge < -0.3 is 11.5 Å². The molecule has 1 atom stereocenters. The maximum absolute atomic E-state index is 11.0. The van der Waals surface area contributed by atoms with Crippen LogP contribution < -0.4 is 11.5 Å². The standard InChI is InChI=1S/C13H18Br2N2O/c1-13(2,7-12(17)18)6-11(16)9-5-8(14)3-4-10(9)15/h3-5,11H,6-7,16H2,1-2H3,(H2,17,18). The Hall–Kier alpha value is -0.390. The highest BCUT2D eigenvalue weighted by Gasteiger charge is 2.25. The number of rotatable bonds is 5. The minimum absolute atomic E-state index is 0.133. The highest BCUT2D eigenvalue weighted by atomic mass is 79.9. The lowest BCUT2D eigenvalue weighted by Gasteiger charge is -2.27. The van der Waals surface area contributed by atoms with E-state index in [1.165, 1.54) is 0 Å². The van der Waals surface area contributed by atoms with Gasteiger partial charge in [-0.3, -0.25) is 4.79 Å². The third-order valence-electron chi connectivity index (χ3n) is 2.78. The van der Waals surface area contributed by atoms with Crippen molar-refractivity contribution in [2.75, 3.05) is 0 Å². The molecule has 0 fully saturated rings. The van der Waals surface area contributed by atoms with Gasteiger partial charge in [-0.25, -0.2) is 0 Å². The first-order valence-corrected chi connectivity index (χ1v) is 7.29. The largest absolute Gasteiger partial charge is 0.370 e. The first-order valence-electron chi connectivity index (χ1n) is 5.70. The molecule has 0 saturated heterocycles. The van der Waals surface area contributed by atoms with Gasteiger partial charge in [0.2, 0.25) is 5.91 Å². The van der Waals surface area contributed by atoms with E-state index in [0.717, 1.165) is 14.5 Å². The molecule has 1 aromatic rings. The van der Waals surface area contributed by atoms with E-state index in [1.54, 1.807) is 0 Å². The summed E-state index contributed by atoms with van der Waals surface area (Å²) in [4.78, 5) is 11.0. The zero-order chi connectivity index (χ0) is 13.9. The number of benzene rings is 1. The molecular formula is C13H18Br2N2O. The van der Waals surface area contributed by atoms with Gasteiger partial charge >= 0.3 is 0 Å². The molecule has 18 heavy (non-hydrogen) atoms. The van der Waals surface area contributed by atoms with Crippen molar-refractivity contribution in [2.24, 2.45) is 16.9 Å². The summed E-state index contributed by atoms with van der Waals surface area (Å²) in [6.07, 6.45) is 1.04. The Morgan fingerprint density at radius 3 is 2.56 bits per heavy atom. The Labute approximate surface area is 125 Å². The molecule has 1 rings (SSSR count). The molecule has 0 bridgehead atoms. The van der Waals surface area contributed by atoms with Gasteiger partial charge in [0.25, 0.3) is 0 Å². The van der Waals surface area contributed by atoms with Gasteiger partial charge in [-0.1, -0.05) is 45.7 Å². The van der Waals surface area contributed by atoms with E-state index in [9.17, 15) is 4.79 Å². The van der Waals surface area contributed by atoms with Crippen molar-refractivity contribution < 1.29 is 4.79 Å². The van der Waals surface area contributed by atoms with Gasteiger partial charge in [-0.2, -0.15) is 0 Å². The number of nitrogens with two attached hydrogens (primary N) is 2. The number of carbonyl (C=O) groups excluding carboxylic acids is 1. The van der Waals surface area contributed by atoms with Gasteiger partial charge in [0.05, 0.1) is 0 Å². The molecule has 1 aromatic carbocycles. The molecule has 5 heteroatoms. The minimum Gasteiger partial charge on any atom is -0.370 e. The molecule has 0 aromatic heterocycles. The molecule has 0 aliphatic rings. The van der Waals surface area contributed by atoms with Crippen LogP contribution in [0.2, 0.25) is 0 Å². The van der Waals surface area contributed by atoms with Crippen molar-refractivity contribution in [3.63, 3.8) is 0 Å².